The molecule has 0 aliphatic carbocycles. The number of rotatable bonds is 1. The van der Waals surface area contributed by atoms with E-state index in [-0.39, 0.29) is 23.2 Å². The smallest absolute Gasteiger partial charge is 0.174 e. The lowest BCUT2D eigenvalue weighted by Gasteiger charge is -2.23. The third kappa shape index (κ3) is 1.63. The SMILES string of the molecule is COc1cc(O)c2c(c1)O[C@H](C)CC2=O. The van der Waals surface area contributed by atoms with Crippen molar-refractivity contribution in [2.75, 3.05) is 7.11 Å². The van der Waals surface area contributed by atoms with Gasteiger partial charge in [-0.3, -0.25) is 4.79 Å². The summed E-state index contributed by atoms with van der Waals surface area (Å²) in [7, 11) is 1.50. The second-order valence-electron chi connectivity index (χ2n) is 3.58. The number of hydrogen-bond donors (Lipinski definition) is 1. The number of carbonyl (C=O) groups excluding carboxylic acids is 1. The van der Waals surface area contributed by atoms with Crippen LogP contribution < -0.4 is 9.47 Å². The van der Waals surface area contributed by atoms with Gasteiger partial charge in [0.25, 0.3) is 0 Å². The molecule has 0 bridgehead atoms. The van der Waals surface area contributed by atoms with E-state index in [1.165, 1.54) is 13.2 Å². The van der Waals surface area contributed by atoms with Gasteiger partial charge in [-0.1, -0.05) is 0 Å². The average Bonchev–Trinajstić information content (AvgIpc) is 2.15. The quantitative estimate of drug-likeness (QED) is 0.763. The van der Waals surface area contributed by atoms with Gasteiger partial charge in [0.2, 0.25) is 0 Å². The lowest BCUT2D eigenvalue weighted by molar-refractivity contribution is 0.0866. The summed E-state index contributed by atoms with van der Waals surface area (Å²) in [6.07, 6.45) is 0.142. The van der Waals surface area contributed by atoms with Crippen LogP contribution in [0.2, 0.25) is 0 Å². The van der Waals surface area contributed by atoms with Crippen molar-refractivity contribution in [3.63, 3.8) is 0 Å². The molecule has 0 amide bonds. The summed E-state index contributed by atoms with van der Waals surface area (Å²) in [6.45, 7) is 1.82. The van der Waals surface area contributed by atoms with Crippen molar-refractivity contribution in [2.45, 2.75) is 19.4 Å². The van der Waals surface area contributed by atoms with Crippen molar-refractivity contribution >= 4 is 5.78 Å². The first kappa shape index (κ1) is 9.83. The maximum atomic E-state index is 11.6. The fourth-order valence-corrected chi connectivity index (χ4v) is 1.69. The number of hydrogen-bond acceptors (Lipinski definition) is 4. The van der Waals surface area contributed by atoms with Crippen LogP contribution >= 0.6 is 0 Å². The monoisotopic (exact) mass is 208 g/mol. The van der Waals surface area contributed by atoms with Gasteiger partial charge in [-0.2, -0.15) is 0 Å². The van der Waals surface area contributed by atoms with Gasteiger partial charge in [-0.05, 0) is 6.92 Å². The number of carbonyl (C=O) groups is 1. The van der Waals surface area contributed by atoms with E-state index in [1.807, 2.05) is 6.92 Å². The van der Waals surface area contributed by atoms with Crippen LogP contribution in [0.15, 0.2) is 12.1 Å². The maximum Gasteiger partial charge on any atom is 0.174 e. The lowest BCUT2D eigenvalue weighted by atomic mass is 10.0. The zero-order valence-electron chi connectivity index (χ0n) is 8.61. The largest absolute Gasteiger partial charge is 0.507 e. The molecule has 1 atom stereocenters. The van der Waals surface area contributed by atoms with E-state index in [4.69, 9.17) is 9.47 Å². The summed E-state index contributed by atoms with van der Waals surface area (Å²) in [6, 6.07) is 3.03. The number of methoxy groups -OCH3 is 1. The van der Waals surface area contributed by atoms with Crippen LogP contribution in [0.5, 0.6) is 17.2 Å². The summed E-state index contributed by atoms with van der Waals surface area (Å²) in [5.41, 5.74) is 0.258. The van der Waals surface area contributed by atoms with Crippen LogP contribution in [-0.4, -0.2) is 24.1 Å². The molecule has 1 aliphatic heterocycles. The second-order valence-corrected chi connectivity index (χ2v) is 3.58. The number of benzene rings is 1. The molecule has 0 radical (unpaired) electrons. The van der Waals surface area contributed by atoms with Gasteiger partial charge in [-0.25, -0.2) is 0 Å². The van der Waals surface area contributed by atoms with Crippen molar-refractivity contribution in [1.82, 2.24) is 0 Å². The summed E-state index contributed by atoms with van der Waals surface area (Å²) in [5, 5.41) is 9.64. The summed E-state index contributed by atoms with van der Waals surface area (Å²) in [5.74, 6) is 0.703. The van der Waals surface area contributed by atoms with Crippen molar-refractivity contribution in [3.8, 4) is 17.2 Å². The Bertz CT molecular complexity index is 411. The van der Waals surface area contributed by atoms with Gasteiger partial charge in [0.1, 0.15) is 28.9 Å². The summed E-state index contributed by atoms with van der Waals surface area (Å²) >= 11 is 0. The van der Waals surface area contributed by atoms with E-state index >= 15 is 0 Å². The molecule has 1 heterocycles. The van der Waals surface area contributed by atoms with Gasteiger partial charge in [0.05, 0.1) is 7.11 Å². The van der Waals surface area contributed by atoms with Crippen molar-refractivity contribution < 1.29 is 19.4 Å². The molecule has 0 saturated carbocycles. The average molecular weight is 208 g/mol. The third-order valence-electron chi connectivity index (χ3n) is 2.37. The van der Waals surface area contributed by atoms with E-state index in [9.17, 15) is 9.90 Å². The number of ether oxygens (including phenoxy) is 2. The van der Waals surface area contributed by atoms with Gasteiger partial charge in [0.15, 0.2) is 5.78 Å². The van der Waals surface area contributed by atoms with Crippen LogP contribution in [0.1, 0.15) is 23.7 Å². The minimum Gasteiger partial charge on any atom is -0.507 e. The first-order valence-electron chi connectivity index (χ1n) is 4.72. The fraction of sp³-hybridized carbons (Fsp3) is 0.364. The van der Waals surface area contributed by atoms with E-state index in [1.54, 1.807) is 6.07 Å². The topological polar surface area (TPSA) is 55.8 Å². The molecule has 0 fully saturated rings. The Balaban J connectivity index is 2.54. The first-order valence-corrected chi connectivity index (χ1v) is 4.72. The highest BCUT2D eigenvalue weighted by molar-refractivity contribution is 6.02. The van der Waals surface area contributed by atoms with Crippen molar-refractivity contribution in [1.29, 1.82) is 0 Å². The summed E-state index contributed by atoms with van der Waals surface area (Å²) in [4.78, 5) is 11.6. The van der Waals surface area contributed by atoms with Crippen molar-refractivity contribution in [2.24, 2.45) is 0 Å². The molecule has 0 unspecified atom stereocenters. The van der Waals surface area contributed by atoms with E-state index in [2.05, 4.69) is 0 Å². The Morgan fingerprint density at radius 2 is 2.27 bits per heavy atom. The minimum atomic E-state index is -0.156. The third-order valence-corrected chi connectivity index (χ3v) is 2.37. The molecule has 4 heteroatoms. The predicted molar refractivity (Wildman–Crippen MR) is 53.7 cm³/mol. The Kier molecular flexibility index (Phi) is 2.26. The molecule has 0 aromatic heterocycles. The highest BCUT2D eigenvalue weighted by Gasteiger charge is 2.27. The number of Topliss-reactive ketones (excluding diaryl/α,β-unsaturated/α-hetero) is 1. The second kappa shape index (κ2) is 3.46. The zero-order chi connectivity index (χ0) is 11.0. The molecule has 2 rings (SSSR count). The molecule has 1 aliphatic rings. The standard InChI is InChI=1S/C11H12O4/c1-6-3-8(12)11-9(13)4-7(14-2)5-10(11)15-6/h4-6,13H,3H2,1-2H3/t6-/m1/s1. The molecule has 4 nitrogen and oxygen atoms in total. The predicted octanol–water partition coefficient (Wildman–Crippen LogP) is 1.75. The van der Waals surface area contributed by atoms with Crippen LogP contribution in [0.3, 0.4) is 0 Å². The number of phenolic OH excluding ortho intramolecular Hbond substituents is 1. The van der Waals surface area contributed by atoms with Crippen LogP contribution in [0.4, 0.5) is 0 Å². The zero-order valence-corrected chi connectivity index (χ0v) is 8.61. The Labute approximate surface area is 87.4 Å². The molecular formula is C11H12O4. The maximum absolute atomic E-state index is 11.6. The number of aromatic hydroxyl groups is 1. The van der Waals surface area contributed by atoms with Crippen LogP contribution in [-0.2, 0) is 0 Å². The number of ketones is 1. The Morgan fingerprint density at radius 3 is 2.93 bits per heavy atom. The molecule has 0 saturated heterocycles. The summed E-state index contributed by atoms with van der Waals surface area (Å²) < 4.78 is 10.4. The van der Waals surface area contributed by atoms with Gasteiger partial charge < -0.3 is 14.6 Å². The van der Waals surface area contributed by atoms with Gasteiger partial charge in [0, 0.05) is 18.6 Å². The normalized spacial score (nSPS) is 19.3. The van der Waals surface area contributed by atoms with Crippen LogP contribution in [0.25, 0.3) is 0 Å². The highest BCUT2D eigenvalue weighted by atomic mass is 16.5. The Hall–Kier alpha value is -1.71. The molecule has 1 N–H and O–H groups in total. The molecular weight excluding hydrogens is 196 g/mol. The molecule has 1 aromatic carbocycles. The van der Waals surface area contributed by atoms with Crippen LogP contribution in [0, 0.1) is 0 Å². The molecule has 15 heavy (non-hydrogen) atoms. The minimum absolute atomic E-state index is 0.0822. The number of phenols is 1. The highest BCUT2D eigenvalue weighted by Crippen LogP contribution is 2.37. The fourth-order valence-electron chi connectivity index (χ4n) is 1.69. The molecule has 0 spiro atoms. The molecule has 80 valence electrons. The van der Waals surface area contributed by atoms with E-state index < -0.39 is 0 Å². The van der Waals surface area contributed by atoms with Gasteiger partial charge >= 0.3 is 0 Å². The van der Waals surface area contributed by atoms with E-state index in [0.717, 1.165) is 0 Å². The van der Waals surface area contributed by atoms with Crippen molar-refractivity contribution in [3.05, 3.63) is 17.7 Å². The first-order chi connectivity index (χ1) is 7.11. The number of fused-ring (bicyclic) bond motifs is 1. The van der Waals surface area contributed by atoms with E-state index in [0.29, 0.717) is 17.9 Å². The lowest BCUT2D eigenvalue weighted by Crippen LogP contribution is -2.24. The van der Waals surface area contributed by atoms with Gasteiger partial charge in [-0.15, -0.1) is 0 Å². The Morgan fingerprint density at radius 1 is 1.53 bits per heavy atom. The molecule has 1 aromatic rings.